The zero-order valence-corrected chi connectivity index (χ0v) is 20.8. The lowest BCUT2D eigenvalue weighted by Crippen LogP contribution is -2.49. The van der Waals surface area contributed by atoms with Crippen LogP contribution in [0.3, 0.4) is 0 Å². The van der Waals surface area contributed by atoms with Crippen LogP contribution < -0.4 is 10.5 Å². The molecule has 1 aliphatic heterocycles. The summed E-state index contributed by atoms with van der Waals surface area (Å²) in [5, 5.41) is 10.4. The number of nitrogens with zero attached hydrogens (tertiary/aromatic N) is 4. The number of carbonyl (C=O) groups is 1. The predicted molar refractivity (Wildman–Crippen MR) is 136 cm³/mol. The van der Waals surface area contributed by atoms with Crippen LogP contribution in [0.25, 0.3) is 22.2 Å². The minimum Gasteiger partial charge on any atom is -0.422 e. The molecule has 0 unspecified atom stereocenters. The first-order valence-electron chi connectivity index (χ1n) is 10.5. The van der Waals surface area contributed by atoms with Gasteiger partial charge in [0.2, 0.25) is 0 Å². The fourth-order valence-electron chi connectivity index (χ4n) is 3.89. The minimum atomic E-state index is -0.635. The highest BCUT2D eigenvalue weighted by atomic mass is 79.9. The maximum atomic E-state index is 13.0. The Morgan fingerprint density at radius 1 is 0.941 bits per heavy atom. The van der Waals surface area contributed by atoms with Crippen LogP contribution in [0.5, 0.6) is 0 Å². The summed E-state index contributed by atoms with van der Waals surface area (Å²) in [6.45, 7) is 2.01. The molecule has 0 aliphatic carbocycles. The molecule has 0 spiro atoms. The van der Waals surface area contributed by atoms with Gasteiger partial charge in [-0.25, -0.2) is 4.79 Å². The lowest BCUT2D eigenvalue weighted by atomic mass is 10.1. The molecule has 1 aliphatic rings. The summed E-state index contributed by atoms with van der Waals surface area (Å²) in [4.78, 5) is 29.1. The van der Waals surface area contributed by atoms with Crippen molar-refractivity contribution < 1.29 is 9.21 Å². The third-order valence-electron chi connectivity index (χ3n) is 5.67. The van der Waals surface area contributed by atoms with Crippen LogP contribution in [0.4, 0.5) is 5.82 Å². The van der Waals surface area contributed by atoms with Crippen LogP contribution in [-0.2, 0) is 0 Å². The average Bonchev–Trinajstić information content (AvgIpc) is 2.84. The van der Waals surface area contributed by atoms with Gasteiger partial charge < -0.3 is 14.2 Å². The average molecular weight is 560 g/mol. The molecule has 0 bridgehead atoms. The van der Waals surface area contributed by atoms with E-state index in [1.54, 1.807) is 41.3 Å². The van der Waals surface area contributed by atoms with Crippen molar-refractivity contribution in [2.45, 2.75) is 0 Å². The second kappa shape index (κ2) is 9.37. The summed E-state index contributed by atoms with van der Waals surface area (Å²) in [7, 11) is 0. The zero-order valence-electron chi connectivity index (χ0n) is 17.7. The van der Waals surface area contributed by atoms with E-state index in [4.69, 9.17) is 27.6 Å². The van der Waals surface area contributed by atoms with Gasteiger partial charge in [-0.2, -0.15) is 0 Å². The largest absolute Gasteiger partial charge is 0.422 e. The molecule has 34 heavy (non-hydrogen) atoms. The molecule has 2 aromatic carbocycles. The van der Waals surface area contributed by atoms with E-state index in [-0.39, 0.29) is 11.5 Å². The summed E-state index contributed by atoms with van der Waals surface area (Å²) >= 11 is 15.6. The lowest BCUT2D eigenvalue weighted by Gasteiger charge is -2.35. The highest BCUT2D eigenvalue weighted by Gasteiger charge is 2.26. The lowest BCUT2D eigenvalue weighted by molar-refractivity contribution is 0.0742. The number of carbonyl (C=O) groups excluding carboxylic acids is 1. The van der Waals surface area contributed by atoms with Crippen molar-refractivity contribution in [2.75, 3.05) is 31.1 Å². The van der Waals surface area contributed by atoms with Gasteiger partial charge in [0.1, 0.15) is 11.1 Å². The number of amides is 1. The zero-order chi connectivity index (χ0) is 23.8. The van der Waals surface area contributed by atoms with Crippen molar-refractivity contribution in [3.63, 3.8) is 0 Å². The standard InChI is InChI=1S/C24H17BrCl2N4O3/c25-15-1-5-21-14(11-15)12-18(24(33)34-21)23(32)31-9-7-30(8-10-31)22-6-4-20(28-29-22)17-3-2-16(26)13-19(17)27/h1-6,11-13H,7-10H2. The summed E-state index contributed by atoms with van der Waals surface area (Å²) in [6, 6.07) is 15.8. The minimum absolute atomic E-state index is 0.0306. The molecule has 1 saturated heterocycles. The highest BCUT2D eigenvalue weighted by molar-refractivity contribution is 9.10. The Morgan fingerprint density at radius 3 is 2.44 bits per heavy atom. The third-order valence-corrected chi connectivity index (χ3v) is 6.71. The van der Waals surface area contributed by atoms with Crippen molar-refractivity contribution >= 4 is 61.8 Å². The number of halogens is 3. The summed E-state index contributed by atoms with van der Waals surface area (Å²) < 4.78 is 6.18. The molecule has 0 radical (unpaired) electrons. The molecular formula is C24H17BrCl2N4O3. The molecule has 7 nitrogen and oxygen atoms in total. The van der Waals surface area contributed by atoms with E-state index >= 15 is 0 Å². The number of rotatable bonds is 3. The molecule has 0 saturated carbocycles. The highest BCUT2D eigenvalue weighted by Crippen LogP contribution is 2.29. The van der Waals surface area contributed by atoms with Crippen LogP contribution in [0.15, 0.2) is 68.3 Å². The fourth-order valence-corrected chi connectivity index (χ4v) is 4.77. The number of piperazine rings is 1. The first kappa shape index (κ1) is 22.8. The second-order valence-corrected chi connectivity index (χ2v) is 9.57. The molecule has 0 N–H and O–H groups in total. The topological polar surface area (TPSA) is 79.5 Å². The van der Waals surface area contributed by atoms with Gasteiger partial charge in [0, 0.05) is 46.6 Å². The Labute approximate surface area is 213 Å². The maximum absolute atomic E-state index is 13.0. The summed E-state index contributed by atoms with van der Waals surface area (Å²) in [5.74, 6) is 0.366. The quantitative estimate of drug-likeness (QED) is 0.318. The molecule has 10 heteroatoms. The van der Waals surface area contributed by atoms with E-state index in [1.807, 2.05) is 23.1 Å². The van der Waals surface area contributed by atoms with Crippen molar-refractivity contribution in [1.29, 1.82) is 0 Å². The van der Waals surface area contributed by atoms with Gasteiger partial charge in [0.05, 0.1) is 10.7 Å². The van der Waals surface area contributed by atoms with Gasteiger partial charge in [0.25, 0.3) is 5.91 Å². The van der Waals surface area contributed by atoms with E-state index in [9.17, 15) is 9.59 Å². The molecule has 1 fully saturated rings. The molecule has 5 rings (SSSR count). The molecule has 4 aromatic rings. The van der Waals surface area contributed by atoms with Crippen LogP contribution in [0, 0.1) is 0 Å². The van der Waals surface area contributed by atoms with E-state index in [0.29, 0.717) is 58.7 Å². The van der Waals surface area contributed by atoms with Crippen molar-refractivity contribution in [3.05, 3.63) is 85.1 Å². The number of aromatic nitrogens is 2. The van der Waals surface area contributed by atoms with Gasteiger partial charge in [0.15, 0.2) is 5.82 Å². The molecule has 0 atom stereocenters. The maximum Gasteiger partial charge on any atom is 0.349 e. The van der Waals surface area contributed by atoms with E-state index < -0.39 is 5.63 Å². The van der Waals surface area contributed by atoms with Gasteiger partial charge in [-0.3, -0.25) is 4.79 Å². The van der Waals surface area contributed by atoms with Gasteiger partial charge >= 0.3 is 5.63 Å². The molecule has 1 amide bonds. The SMILES string of the molecule is O=C(c1cc2cc(Br)ccc2oc1=O)N1CCN(c2ccc(-c3ccc(Cl)cc3Cl)nn2)CC1. The summed E-state index contributed by atoms with van der Waals surface area (Å²) in [6.07, 6.45) is 0. The Hall–Kier alpha value is -2.94. The summed E-state index contributed by atoms with van der Waals surface area (Å²) in [5.41, 5.74) is 1.24. The fraction of sp³-hybridized carbons (Fsp3) is 0.167. The van der Waals surface area contributed by atoms with E-state index in [0.717, 1.165) is 10.0 Å². The van der Waals surface area contributed by atoms with Crippen LogP contribution in [0.1, 0.15) is 10.4 Å². The third kappa shape index (κ3) is 4.53. The number of hydrogen-bond donors (Lipinski definition) is 0. The molecule has 2 aromatic heterocycles. The van der Waals surface area contributed by atoms with Crippen LogP contribution in [-0.4, -0.2) is 47.2 Å². The number of fused-ring (bicyclic) bond motifs is 1. The Kier molecular flexibility index (Phi) is 6.29. The van der Waals surface area contributed by atoms with Crippen LogP contribution in [0.2, 0.25) is 10.0 Å². The smallest absolute Gasteiger partial charge is 0.349 e. The van der Waals surface area contributed by atoms with Gasteiger partial charge in [-0.05, 0) is 54.6 Å². The van der Waals surface area contributed by atoms with Crippen molar-refractivity contribution in [3.8, 4) is 11.3 Å². The molecular weight excluding hydrogens is 543 g/mol. The first-order valence-corrected chi connectivity index (χ1v) is 12.0. The van der Waals surface area contributed by atoms with Crippen molar-refractivity contribution in [2.24, 2.45) is 0 Å². The predicted octanol–water partition coefficient (Wildman–Crippen LogP) is 5.28. The molecule has 172 valence electrons. The Morgan fingerprint density at radius 2 is 1.74 bits per heavy atom. The van der Waals surface area contributed by atoms with E-state index in [1.165, 1.54) is 0 Å². The van der Waals surface area contributed by atoms with Gasteiger partial charge in [-0.15, -0.1) is 10.2 Å². The number of anilines is 1. The Balaban J connectivity index is 1.28. The second-order valence-electron chi connectivity index (χ2n) is 7.81. The normalized spacial score (nSPS) is 14.0. The molecule has 3 heterocycles. The van der Waals surface area contributed by atoms with E-state index in [2.05, 4.69) is 26.1 Å². The van der Waals surface area contributed by atoms with Gasteiger partial charge in [-0.1, -0.05) is 39.1 Å². The monoisotopic (exact) mass is 558 g/mol. The number of benzene rings is 2. The van der Waals surface area contributed by atoms with Crippen molar-refractivity contribution in [1.82, 2.24) is 15.1 Å². The van der Waals surface area contributed by atoms with Crippen LogP contribution >= 0.6 is 39.1 Å². The first-order chi connectivity index (χ1) is 16.4. The number of hydrogen-bond acceptors (Lipinski definition) is 6. The Bertz CT molecular complexity index is 1450.